The SMILES string of the molecule is Cc1cc(Br)c(Cl)c(C=NN=C2NC(=O)C(CC(=O)O)S2)c1. The lowest BCUT2D eigenvalue weighted by molar-refractivity contribution is -0.138. The van der Waals surface area contributed by atoms with Crippen molar-refractivity contribution in [3.05, 3.63) is 32.8 Å². The number of carbonyl (C=O) groups excluding carboxylic acids is 1. The van der Waals surface area contributed by atoms with E-state index in [0.29, 0.717) is 10.6 Å². The molecular formula is C13H11BrClN3O3S. The van der Waals surface area contributed by atoms with E-state index < -0.39 is 11.2 Å². The normalized spacial score (nSPS) is 19.9. The number of nitrogens with zero attached hydrogens (tertiary/aromatic N) is 2. The first-order chi connectivity index (χ1) is 10.4. The number of carboxylic acids is 1. The van der Waals surface area contributed by atoms with Crippen molar-refractivity contribution in [3.8, 4) is 0 Å². The second kappa shape index (κ2) is 7.26. The van der Waals surface area contributed by atoms with Gasteiger partial charge in [-0.05, 0) is 40.5 Å². The maximum atomic E-state index is 11.5. The van der Waals surface area contributed by atoms with Gasteiger partial charge in [0.1, 0.15) is 5.25 Å². The van der Waals surface area contributed by atoms with E-state index in [2.05, 4.69) is 31.4 Å². The van der Waals surface area contributed by atoms with E-state index in [9.17, 15) is 9.59 Å². The van der Waals surface area contributed by atoms with Gasteiger partial charge in [-0.1, -0.05) is 23.4 Å². The molecule has 6 nitrogen and oxygen atoms in total. The fraction of sp³-hybridized carbons (Fsp3) is 0.231. The number of amides is 1. The van der Waals surface area contributed by atoms with Gasteiger partial charge in [0.05, 0.1) is 17.7 Å². The molecule has 0 spiro atoms. The van der Waals surface area contributed by atoms with Gasteiger partial charge < -0.3 is 10.4 Å². The highest BCUT2D eigenvalue weighted by molar-refractivity contribution is 9.10. The minimum atomic E-state index is -1.03. The summed E-state index contributed by atoms with van der Waals surface area (Å²) in [6.07, 6.45) is 1.22. The second-order valence-corrected chi connectivity index (χ2v) is 6.92. The Hall–Kier alpha value is -1.38. The molecule has 1 aliphatic rings. The molecule has 0 radical (unpaired) electrons. The van der Waals surface area contributed by atoms with Crippen molar-refractivity contribution in [2.75, 3.05) is 0 Å². The number of amidine groups is 1. The number of hydrogen-bond acceptors (Lipinski definition) is 5. The molecule has 2 N–H and O–H groups in total. The van der Waals surface area contributed by atoms with Crippen LogP contribution in [0.4, 0.5) is 0 Å². The Balaban J connectivity index is 2.09. The molecule has 116 valence electrons. The van der Waals surface area contributed by atoms with Crippen LogP contribution in [0.25, 0.3) is 0 Å². The fourth-order valence-electron chi connectivity index (χ4n) is 1.73. The predicted octanol–water partition coefficient (Wildman–Crippen LogP) is 2.81. The largest absolute Gasteiger partial charge is 0.481 e. The molecule has 1 aromatic carbocycles. The van der Waals surface area contributed by atoms with Crippen molar-refractivity contribution in [1.82, 2.24) is 5.32 Å². The molecule has 0 saturated carbocycles. The zero-order valence-electron chi connectivity index (χ0n) is 11.3. The summed E-state index contributed by atoms with van der Waals surface area (Å²) in [6.45, 7) is 1.92. The number of thioether (sulfide) groups is 1. The molecule has 0 aliphatic carbocycles. The first-order valence-electron chi connectivity index (χ1n) is 6.13. The summed E-state index contributed by atoms with van der Waals surface area (Å²) >= 11 is 10.5. The van der Waals surface area contributed by atoms with Crippen molar-refractivity contribution in [3.63, 3.8) is 0 Å². The minimum absolute atomic E-state index is 0.254. The number of benzene rings is 1. The summed E-state index contributed by atoms with van der Waals surface area (Å²) in [7, 11) is 0. The molecule has 22 heavy (non-hydrogen) atoms. The Morgan fingerprint density at radius 2 is 2.32 bits per heavy atom. The van der Waals surface area contributed by atoms with Crippen LogP contribution in [0.15, 0.2) is 26.8 Å². The highest BCUT2D eigenvalue weighted by atomic mass is 79.9. The first-order valence-corrected chi connectivity index (χ1v) is 8.18. The van der Waals surface area contributed by atoms with Crippen molar-refractivity contribution < 1.29 is 14.7 Å². The molecule has 0 aromatic heterocycles. The van der Waals surface area contributed by atoms with Crippen molar-refractivity contribution in [2.24, 2.45) is 10.2 Å². The molecule has 1 amide bonds. The summed E-state index contributed by atoms with van der Waals surface area (Å²) < 4.78 is 0.758. The number of carboxylic acid groups (broad SMARTS) is 1. The van der Waals surface area contributed by atoms with Crippen LogP contribution in [0.1, 0.15) is 17.5 Å². The quantitative estimate of drug-likeness (QED) is 0.596. The third kappa shape index (κ3) is 4.31. The molecule has 1 heterocycles. The van der Waals surface area contributed by atoms with Crippen LogP contribution in [-0.4, -0.2) is 33.6 Å². The molecular weight excluding hydrogens is 394 g/mol. The predicted molar refractivity (Wildman–Crippen MR) is 90.7 cm³/mol. The van der Waals surface area contributed by atoms with Gasteiger partial charge in [0, 0.05) is 10.0 Å². The summed E-state index contributed by atoms with van der Waals surface area (Å²) in [5, 5.41) is 19.1. The topological polar surface area (TPSA) is 91.1 Å². The van der Waals surface area contributed by atoms with Crippen LogP contribution in [0, 0.1) is 6.92 Å². The van der Waals surface area contributed by atoms with E-state index in [-0.39, 0.29) is 17.5 Å². The van der Waals surface area contributed by atoms with E-state index in [0.717, 1.165) is 21.8 Å². The van der Waals surface area contributed by atoms with Crippen LogP contribution >= 0.6 is 39.3 Å². The van der Waals surface area contributed by atoms with Crippen molar-refractivity contribution >= 4 is 62.6 Å². The Morgan fingerprint density at radius 1 is 1.59 bits per heavy atom. The smallest absolute Gasteiger partial charge is 0.305 e. The fourth-order valence-corrected chi connectivity index (χ4v) is 3.40. The van der Waals surface area contributed by atoms with E-state index in [4.69, 9.17) is 16.7 Å². The zero-order valence-corrected chi connectivity index (χ0v) is 14.5. The van der Waals surface area contributed by atoms with Gasteiger partial charge in [-0.3, -0.25) is 9.59 Å². The Bertz CT molecular complexity index is 693. The van der Waals surface area contributed by atoms with Gasteiger partial charge in [0.15, 0.2) is 5.17 Å². The maximum absolute atomic E-state index is 11.5. The molecule has 1 fully saturated rings. The van der Waals surface area contributed by atoms with E-state index in [1.807, 2.05) is 19.1 Å². The first kappa shape index (κ1) is 17.0. The van der Waals surface area contributed by atoms with Gasteiger partial charge in [-0.25, -0.2) is 0 Å². The minimum Gasteiger partial charge on any atom is -0.481 e. The third-order valence-electron chi connectivity index (χ3n) is 2.68. The summed E-state index contributed by atoms with van der Waals surface area (Å²) in [4.78, 5) is 22.2. The number of hydrogen-bond donors (Lipinski definition) is 2. The lowest BCUT2D eigenvalue weighted by atomic mass is 10.1. The monoisotopic (exact) mass is 403 g/mol. The number of carbonyl (C=O) groups is 2. The van der Waals surface area contributed by atoms with E-state index >= 15 is 0 Å². The average Bonchev–Trinajstić information content (AvgIpc) is 2.75. The molecule has 1 aliphatic heterocycles. The van der Waals surface area contributed by atoms with E-state index in [1.54, 1.807) is 0 Å². The van der Waals surface area contributed by atoms with E-state index in [1.165, 1.54) is 6.21 Å². The molecule has 1 unspecified atom stereocenters. The number of aryl methyl sites for hydroxylation is 1. The summed E-state index contributed by atoms with van der Waals surface area (Å²) in [5.74, 6) is -1.41. The van der Waals surface area contributed by atoms with Crippen LogP contribution in [0.2, 0.25) is 5.02 Å². The molecule has 1 atom stereocenters. The third-order valence-corrected chi connectivity index (χ3v) is 5.03. The van der Waals surface area contributed by atoms with Crippen LogP contribution in [-0.2, 0) is 9.59 Å². The Morgan fingerprint density at radius 3 is 3.00 bits per heavy atom. The van der Waals surface area contributed by atoms with Gasteiger partial charge in [-0.2, -0.15) is 5.10 Å². The second-order valence-electron chi connectivity index (χ2n) is 4.49. The number of rotatable bonds is 4. The zero-order chi connectivity index (χ0) is 16.3. The van der Waals surface area contributed by atoms with Crippen LogP contribution in [0.3, 0.4) is 0 Å². The lowest BCUT2D eigenvalue weighted by Crippen LogP contribution is -2.26. The average molecular weight is 405 g/mol. The molecule has 9 heteroatoms. The maximum Gasteiger partial charge on any atom is 0.305 e. The van der Waals surface area contributed by atoms with Crippen molar-refractivity contribution in [2.45, 2.75) is 18.6 Å². The Kier molecular flexibility index (Phi) is 5.60. The lowest BCUT2D eigenvalue weighted by Gasteiger charge is -2.02. The number of aliphatic carboxylic acids is 1. The Labute approximate surface area is 144 Å². The molecule has 2 rings (SSSR count). The van der Waals surface area contributed by atoms with Crippen LogP contribution < -0.4 is 5.32 Å². The van der Waals surface area contributed by atoms with Gasteiger partial charge >= 0.3 is 5.97 Å². The molecule has 1 saturated heterocycles. The van der Waals surface area contributed by atoms with Gasteiger partial charge in [-0.15, -0.1) is 5.10 Å². The molecule has 0 bridgehead atoms. The van der Waals surface area contributed by atoms with Gasteiger partial charge in [0.25, 0.3) is 0 Å². The summed E-state index contributed by atoms with van der Waals surface area (Å²) in [6, 6.07) is 3.74. The standard InChI is InChI=1S/C13H11BrClN3O3S/c1-6-2-7(11(15)8(14)3-6)5-16-18-13-17-12(21)9(22-13)4-10(19)20/h2-3,5,9H,4H2,1H3,(H,19,20)(H,17,18,21). The highest BCUT2D eigenvalue weighted by Crippen LogP contribution is 2.27. The molecule has 1 aromatic rings. The highest BCUT2D eigenvalue weighted by Gasteiger charge is 2.32. The van der Waals surface area contributed by atoms with Crippen molar-refractivity contribution in [1.29, 1.82) is 0 Å². The number of halogens is 2. The van der Waals surface area contributed by atoms with Gasteiger partial charge in [0.2, 0.25) is 5.91 Å². The summed E-state index contributed by atoms with van der Waals surface area (Å²) in [5.41, 5.74) is 1.70. The van der Waals surface area contributed by atoms with Crippen LogP contribution in [0.5, 0.6) is 0 Å². The number of nitrogens with one attached hydrogen (secondary N) is 1.